The number of nitrogens with one attached hydrogen (secondary N) is 1. The number of rotatable bonds is 3. The zero-order chi connectivity index (χ0) is 17.4. The van der Waals surface area contributed by atoms with Crippen molar-refractivity contribution in [2.45, 2.75) is 52.6 Å². The van der Waals surface area contributed by atoms with Gasteiger partial charge in [-0.25, -0.2) is 4.79 Å². The van der Waals surface area contributed by atoms with Gasteiger partial charge in [0.25, 0.3) is 5.56 Å². The van der Waals surface area contributed by atoms with Crippen LogP contribution in [0.3, 0.4) is 0 Å². The summed E-state index contributed by atoms with van der Waals surface area (Å²) >= 11 is 0. The first kappa shape index (κ1) is 17.4. The van der Waals surface area contributed by atoms with Crippen LogP contribution in [-0.4, -0.2) is 34.3 Å². The quantitative estimate of drug-likeness (QED) is 0.759. The van der Waals surface area contributed by atoms with Crippen molar-refractivity contribution in [1.82, 2.24) is 9.55 Å². The molecule has 1 aromatic heterocycles. The average molecular weight is 325 g/mol. The molecule has 3 atom stereocenters. The third kappa shape index (κ3) is 3.70. The number of nitrogens with zero attached hydrogens (tertiary/aromatic N) is 1. The van der Waals surface area contributed by atoms with E-state index in [4.69, 9.17) is 15.2 Å². The lowest BCUT2D eigenvalue weighted by Gasteiger charge is -2.22. The predicted octanol–water partition coefficient (Wildman–Crippen LogP) is 0.0491. The lowest BCUT2D eigenvalue weighted by Crippen LogP contribution is -2.36. The van der Waals surface area contributed by atoms with E-state index in [9.17, 15) is 14.4 Å². The molecule has 3 N–H and O–H groups in total. The summed E-state index contributed by atoms with van der Waals surface area (Å²) in [7, 11) is 0. The molecule has 8 nitrogen and oxygen atoms in total. The molecule has 0 saturated carbocycles. The van der Waals surface area contributed by atoms with Crippen molar-refractivity contribution in [3.8, 4) is 0 Å². The van der Waals surface area contributed by atoms with Crippen molar-refractivity contribution in [1.29, 1.82) is 0 Å². The van der Waals surface area contributed by atoms with E-state index >= 15 is 0 Å². The summed E-state index contributed by atoms with van der Waals surface area (Å²) in [6.45, 7) is 7.04. The second-order valence-corrected chi connectivity index (χ2v) is 6.77. The maximum Gasteiger partial charge on any atom is 0.330 e. The molecule has 2 heterocycles. The van der Waals surface area contributed by atoms with Crippen LogP contribution < -0.4 is 17.0 Å². The summed E-state index contributed by atoms with van der Waals surface area (Å²) in [4.78, 5) is 37.7. The first-order valence-electron chi connectivity index (χ1n) is 7.52. The largest absolute Gasteiger partial charge is 0.459 e. The lowest BCUT2D eigenvalue weighted by molar-refractivity contribution is -0.161. The first-order valence-corrected chi connectivity index (χ1v) is 7.52. The summed E-state index contributed by atoms with van der Waals surface area (Å²) in [5, 5.41) is 0. The summed E-state index contributed by atoms with van der Waals surface area (Å²) in [6.07, 6.45) is 0.0771. The van der Waals surface area contributed by atoms with Gasteiger partial charge >= 0.3 is 11.7 Å². The van der Waals surface area contributed by atoms with Crippen LogP contribution in [0, 0.1) is 12.3 Å². The monoisotopic (exact) mass is 325 g/mol. The number of hydrogen-bond acceptors (Lipinski definition) is 6. The summed E-state index contributed by atoms with van der Waals surface area (Å²) < 4.78 is 12.5. The Hall–Kier alpha value is -1.93. The Morgan fingerprint density at radius 1 is 1.48 bits per heavy atom. The van der Waals surface area contributed by atoms with Gasteiger partial charge in [-0.1, -0.05) is 0 Å². The minimum atomic E-state index is -0.636. The number of esters is 1. The van der Waals surface area contributed by atoms with Crippen LogP contribution >= 0.6 is 0 Å². The molecular formula is C15H23N3O5. The molecule has 8 heteroatoms. The predicted molar refractivity (Wildman–Crippen MR) is 83.0 cm³/mol. The van der Waals surface area contributed by atoms with Crippen LogP contribution in [0.15, 0.2) is 15.8 Å². The Kier molecular flexibility index (Phi) is 4.76. The third-order valence-electron chi connectivity index (χ3n) is 3.74. The number of aryl methyl sites for hydroxylation is 1. The van der Waals surface area contributed by atoms with E-state index in [1.54, 1.807) is 27.7 Å². The second kappa shape index (κ2) is 6.29. The van der Waals surface area contributed by atoms with Crippen LogP contribution in [0.25, 0.3) is 0 Å². The Morgan fingerprint density at radius 2 is 2.13 bits per heavy atom. The van der Waals surface area contributed by atoms with Crippen molar-refractivity contribution >= 4 is 5.97 Å². The fourth-order valence-corrected chi connectivity index (χ4v) is 2.32. The summed E-state index contributed by atoms with van der Waals surface area (Å²) in [5.74, 6) is -0.352. The van der Waals surface area contributed by atoms with E-state index < -0.39 is 35.1 Å². The maximum absolute atomic E-state index is 12.1. The number of nitrogens with two attached hydrogens (primary N) is 1. The number of hydrogen-bond donors (Lipinski definition) is 2. The molecule has 0 amide bonds. The van der Waals surface area contributed by atoms with Gasteiger partial charge in [-0.3, -0.25) is 19.1 Å². The molecular weight excluding hydrogens is 302 g/mol. The van der Waals surface area contributed by atoms with Crippen molar-refractivity contribution < 1.29 is 14.3 Å². The maximum atomic E-state index is 12.1. The van der Waals surface area contributed by atoms with Crippen molar-refractivity contribution in [2.75, 3.05) is 6.54 Å². The molecule has 3 unspecified atom stereocenters. The van der Waals surface area contributed by atoms with Gasteiger partial charge in [-0.15, -0.1) is 0 Å². The SMILES string of the molecule is Cc1cn(C2CC(OC(=O)C(C)(C)C)C(CN)O2)c(=O)[nH]c1=O. The van der Waals surface area contributed by atoms with Gasteiger partial charge in [0, 0.05) is 24.7 Å². The number of ether oxygens (including phenoxy) is 2. The van der Waals surface area contributed by atoms with Gasteiger partial charge in [0.2, 0.25) is 0 Å². The highest BCUT2D eigenvalue weighted by Crippen LogP contribution is 2.31. The van der Waals surface area contributed by atoms with E-state index in [0.717, 1.165) is 0 Å². The number of H-pyrrole nitrogens is 1. The van der Waals surface area contributed by atoms with E-state index in [0.29, 0.717) is 12.0 Å². The van der Waals surface area contributed by atoms with Gasteiger partial charge in [-0.05, 0) is 27.7 Å². The second-order valence-electron chi connectivity index (χ2n) is 6.77. The Balaban J connectivity index is 2.22. The van der Waals surface area contributed by atoms with Crippen molar-refractivity contribution in [3.63, 3.8) is 0 Å². The Morgan fingerprint density at radius 3 is 2.70 bits per heavy atom. The highest BCUT2D eigenvalue weighted by molar-refractivity contribution is 5.75. The zero-order valence-corrected chi connectivity index (χ0v) is 13.8. The van der Waals surface area contributed by atoms with Crippen LogP contribution in [0.1, 0.15) is 39.0 Å². The molecule has 2 rings (SSSR count). The molecule has 0 radical (unpaired) electrons. The van der Waals surface area contributed by atoms with Gasteiger partial charge in [0.05, 0.1) is 5.41 Å². The lowest BCUT2D eigenvalue weighted by atomic mass is 9.97. The molecule has 0 aliphatic carbocycles. The number of aromatic nitrogens is 2. The molecule has 1 aromatic rings. The van der Waals surface area contributed by atoms with Crippen molar-refractivity contribution in [2.24, 2.45) is 11.1 Å². The minimum Gasteiger partial charge on any atom is -0.459 e. The topological polar surface area (TPSA) is 116 Å². The standard InChI is InChI=1S/C15H23N3O5/c1-8-7-18(14(21)17-12(8)19)11-5-9(10(6-16)22-11)23-13(20)15(2,3)4/h7,9-11H,5-6,16H2,1-4H3,(H,17,19,21). The molecule has 1 aliphatic heterocycles. The van der Waals surface area contributed by atoms with Crippen LogP contribution in [0.5, 0.6) is 0 Å². The van der Waals surface area contributed by atoms with Gasteiger partial charge in [-0.2, -0.15) is 0 Å². The third-order valence-corrected chi connectivity index (χ3v) is 3.74. The molecule has 23 heavy (non-hydrogen) atoms. The fraction of sp³-hybridized carbons (Fsp3) is 0.667. The molecule has 1 saturated heterocycles. The molecule has 128 valence electrons. The molecule has 1 aliphatic rings. The van der Waals surface area contributed by atoms with Gasteiger partial charge in [0.1, 0.15) is 18.4 Å². The van der Waals surface area contributed by atoms with Gasteiger partial charge < -0.3 is 15.2 Å². The summed E-state index contributed by atoms with van der Waals surface area (Å²) in [5.41, 5.74) is 4.44. The first-order chi connectivity index (χ1) is 10.6. The van der Waals surface area contributed by atoms with Gasteiger partial charge in [0.15, 0.2) is 0 Å². The van der Waals surface area contributed by atoms with Crippen LogP contribution in [-0.2, 0) is 14.3 Å². The highest BCUT2D eigenvalue weighted by Gasteiger charge is 2.40. The zero-order valence-electron chi connectivity index (χ0n) is 13.8. The number of aromatic amines is 1. The van der Waals surface area contributed by atoms with Crippen LogP contribution in [0.4, 0.5) is 0 Å². The van der Waals surface area contributed by atoms with Crippen molar-refractivity contribution in [3.05, 3.63) is 32.6 Å². The molecule has 0 bridgehead atoms. The molecule has 0 spiro atoms. The average Bonchev–Trinajstić information content (AvgIpc) is 2.84. The molecule has 1 fully saturated rings. The smallest absolute Gasteiger partial charge is 0.330 e. The van der Waals surface area contributed by atoms with E-state index in [2.05, 4.69) is 4.98 Å². The number of carbonyl (C=O) groups excluding carboxylic acids is 1. The van der Waals surface area contributed by atoms with E-state index in [1.807, 2.05) is 0 Å². The normalized spacial score (nSPS) is 24.7. The Bertz CT molecular complexity index is 700. The Labute approximate surface area is 133 Å². The summed E-state index contributed by atoms with van der Waals surface area (Å²) in [6, 6.07) is 0. The highest BCUT2D eigenvalue weighted by atomic mass is 16.6. The van der Waals surface area contributed by atoms with E-state index in [-0.39, 0.29) is 12.5 Å². The fourth-order valence-electron chi connectivity index (χ4n) is 2.32. The number of carbonyl (C=O) groups is 1. The minimum absolute atomic E-state index is 0.162. The molecule has 0 aromatic carbocycles. The van der Waals surface area contributed by atoms with E-state index in [1.165, 1.54) is 10.8 Å². The van der Waals surface area contributed by atoms with Crippen LogP contribution in [0.2, 0.25) is 0 Å².